The van der Waals surface area contributed by atoms with Crippen LogP contribution in [-0.2, 0) is 19.1 Å². The number of carboxylic acid groups (broad SMARTS) is 1. The quantitative estimate of drug-likeness (QED) is 0.828. The highest BCUT2D eigenvalue weighted by molar-refractivity contribution is 5.87. The van der Waals surface area contributed by atoms with E-state index in [0.717, 1.165) is 11.1 Å². The number of carboxylic acids is 1. The fourth-order valence-electron chi connectivity index (χ4n) is 3.41. The number of methoxy groups -OCH3 is 1. The van der Waals surface area contributed by atoms with Gasteiger partial charge in [0.25, 0.3) is 0 Å². The Kier molecular flexibility index (Phi) is 5.82. The van der Waals surface area contributed by atoms with Gasteiger partial charge in [-0.05, 0) is 24.8 Å². The highest BCUT2D eigenvalue weighted by Crippen LogP contribution is 2.42. The molecule has 1 N–H and O–H groups in total. The van der Waals surface area contributed by atoms with Gasteiger partial charge in [-0.15, -0.1) is 0 Å². The first-order valence-corrected chi connectivity index (χ1v) is 8.44. The number of hydrogen-bond donors (Lipinski definition) is 1. The number of benzene rings is 1. The van der Waals surface area contributed by atoms with Gasteiger partial charge in [-0.2, -0.15) is 0 Å². The van der Waals surface area contributed by atoms with E-state index in [2.05, 4.69) is 0 Å². The van der Waals surface area contributed by atoms with Gasteiger partial charge >= 0.3 is 11.9 Å². The van der Waals surface area contributed by atoms with Gasteiger partial charge in [0.2, 0.25) is 5.91 Å². The van der Waals surface area contributed by atoms with Crippen LogP contribution in [0, 0.1) is 18.8 Å². The molecule has 0 bridgehead atoms. The van der Waals surface area contributed by atoms with Crippen LogP contribution in [0.2, 0.25) is 0 Å². The Labute approximate surface area is 147 Å². The molecular weight excluding hydrogens is 322 g/mol. The maximum atomic E-state index is 12.8. The third-order valence-corrected chi connectivity index (χ3v) is 4.57. The number of hydrogen-bond acceptors (Lipinski definition) is 4. The maximum Gasteiger partial charge on any atom is 0.326 e. The highest BCUT2D eigenvalue weighted by atomic mass is 16.5. The standard InChI is InChI=1S/C19H25NO5/c1-11(2)9-16(21)20-15(18(22)23)10-14(19(24)25-4)17(20)13-7-5-12(3)6-8-13/h5-8,11,14-15,17H,9-10H2,1-4H3,(H,22,23). The summed E-state index contributed by atoms with van der Waals surface area (Å²) in [5.41, 5.74) is 1.80. The maximum absolute atomic E-state index is 12.8. The molecule has 1 aliphatic heterocycles. The summed E-state index contributed by atoms with van der Waals surface area (Å²) in [6.07, 6.45) is 0.296. The molecule has 1 heterocycles. The van der Waals surface area contributed by atoms with Crippen LogP contribution in [0.4, 0.5) is 0 Å². The van der Waals surface area contributed by atoms with Crippen LogP contribution < -0.4 is 0 Å². The van der Waals surface area contributed by atoms with Crippen molar-refractivity contribution in [2.24, 2.45) is 11.8 Å². The largest absolute Gasteiger partial charge is 0.480 e. The van der Waals surface area contributed by atoms with E-state index in [1.54, 1.807) is 0 Å². The molecule has 0 radical (unpaired) electrons. The molecule has 1 aromatic rings. The van der Waals surface area contributed by atoms with E-state index in [9.17, 15) is 19.5 Å². The second kappa shape index (κ2) is 7.68. The fourth-order valence-corrected chi connectivity index (χ4v) is 3.41. The average Bonchev–Trinajstić information content (AvgIpc) is 2.95. The Morgan fingerprint density at radius 2 is 1.84 bits per heavy atom. The first-order valence-electron chi connectivity index (χ1n) is 8.44. The van der Waals surface area contributed by atoms with Gasteiger partial charge < -0.3 is 14.7 Å². The van der Waals surface area contributed by atoms with Gasteiger partial charge in [-0.3, -0.25) is 9.59 Å². The number of nitrogens with zero attached hydrogens (tertiary/aromatic N) is 1. The number of carbonyl (C=O) groups excluding carboxylic acids is 2. The van der Waals surface area contributed by atoms with Crippen molar-refractivity contribution in [3.8, 4) is 0 Å². The van der Waals surface area contributed by atoms with Crippen LogP contribution in [0.15, 0.2) is 24.3 Å². The van der Waals surface area contributed by atoms with Crippen molar-refractivity contribution >= 4 is 17.8 Å². The second-order valence-electron chi connectivity index (χ2n) is 6.97. The summed E-state index contributed by atoms with van der Waals surface area (Å²) in [7, 11) is 1.28. The lowest BCUT2D eigenvalue weighted by molar-refractivity contribution is -0.151. The molecule has 136 valence electrons. The van der Waals surface area contributed by atoms with Crippen LogP contribution in [0.25, 0.3) is 0 Å². The first kappa shape index (κ1) is 19.0. The van der Waals surface area contributed by atoms with E-state index in [1.165, 1.54) is 12.0 Å². The van der Waals surface area contributed by atoms with E-state index in [4.69, 9.17) is 4.74 Å². The predicted molar refractivity (Wildman–Crippen MR) is 91.8 cm³/mol. The molecule has 1 aromatic carbocycles. The topological polar surface area (TPSA) is 83.9 Å². The Morgan fingerprint density at radius 1 is 1.24 bits per heavy atom. The Hall–Kier alpha value is -2.37. The molecule has 6 heteroatoms. The molecule has 1 aliphatic rings. The Balaban J connectivity index is 2.50. The SMILES string of the molecule is COC(=O)C1CC(C(=O)O)N(C(=O)CC(C)C)C1c1ccc(C)cc1. The van der Waals surface area contributed by atoms with Crippen molar-refractivity contribution in [1.29, 1.82) is 0 Å². The van der Waals surface area contributed by atoms with Crippen molar-refractivity contribution in [3.05, 3.63) is 35.4 Å². The third kappa shape index (κ3) is 4.00. The fraction of sp³-hybridized carbons (Fsp3) is 0.526. The third-order valence-electron chi connectivity index (χ3n) is 4.57. The molecule has 0 aromatic heterocycles. The highest BCUT2D eigenvalue weighted by Gasteiger charge is 2.50. The minimum absolute atomic E-state index is 0.0599. The van der Waals surface area contributed by atoms with Crippen LogP contribution in [0.5, 0.6) is 0 Å². The summed E-state index contributed by atoms with van der Waals surface area (Å²) >= 11 is 0. The molecule has 0 aliphatic carbocycles. The summed E-state index contributed by atoms with van der Waals surface area (Å²) in [5, 5.41) is 9.60. The van der Waals surface area contributed by atoms with Crippen LogP contribution in [0.1, 0.15) is 43.9 Å². The zero-order chi connectivity index (χ0) is 18.7. The van der Waals surface area contributed by atoms with E-state index in [-0.39, 0.29) is 24.7 Å². The van der Waals surface area contributed by atoms with Gasteiger partial charge in [0.05, 0.1) is 19.1 Å². The number of aryl methyl sites for hydroxylation is 1. The minimum Gasteiger partial charge on any atom is -0.480 e. The average molecular weight is 347 g/mol. The van der Waals surface area contributed by atoms with Crippen LogP contribution in [-0.4, -0.2) is 41.0 Å². The molecule has 1 saturated heterocycles. The van der Waals surface area contributed by atoms with Crippen molar-refractivity contribution in [2.75, 3.05) is 7.11 Å². The van der Waals surface area contributed by atoms with E-state index < -0.39 is 29.9 Å². The van der Waals surface area contributed by atoms with Crippen molar-refractivity contribution < 1.29 is 24.2 Å². The second-order valence-corrected chi connectivity index (χ2v) is 6.97. The molecule has 1 fully saturated rings. The molecule has 1 amide bonds. The lowest BCUT2D eigenvalue weighted by Crippen LogP contribution is -2.42. The first-order chi connectivity index (χ1) is 11.8. The number of aliphatic carboxylic acids is 1. The van der Waals surface area contributed by atoms with E-state index >= 15 is 0 Å². The number of ether oxygens (including phenoxy) is 1. The zero-order valence-electron chi connectivity index (χ0n) is 15.1. The number of likely N-dealkylation sites (tertiary alicyclic amines) is 1. The van der Waals surface area contributed by atoms with Crippen molar-refractivity contribution in [2.45, 2.75) is 45.7 Å². The van der Waals surface area contributed by atoms with Gasteiger partial charge in [-0.25, -0.2) is 4.79 Å². The van der Waals surface area contributed by atoms with Crippen LogP contribution in [0.3, 0.4) is 0 Å². The molecule has 0 spiro atoms. The lowest BCUT2D eigenvalue weighted by atomic mass is 9.92. The van der Waals surface area contributed by atoms with Gasteiger partial charge in [-0.1, -0.05) is 43.7 Å². The van der Waals surface area contributed by atoms with E-state index in [1.807, 2.05) is 45.0 Å². The summed E-state index contributed by atoms with van der Waals surface area (Å²) in [6.45, 7) is 5.75. The van der Waals surface area contributed by atoms with Gasteiger partial charge in [0, 0.05) is 6.42 Å². The normalized spacial score (nSPS) is 22.9. The Morgan fingerprint density at radius 3 is 2.32 bits per heavy atom. The molecule has 2 rings (SSSR count). The van der Waals surface area contributed by atoms with Crippen molar-refractivity contribution in [1.82, 2.24) is 4.90 Å². The van der Waals surface area contributed by atoms with Crippen molar-refractivity contribution in [3.63, 3.8) is 0 Å². The predicted octanol–water partition coefficient (Wildman–Crippen LogP) is 2.56. The van der Waals surface area contributed by atoms with E-state index in [0.29, 0.717) is 0 Å². The summed E-state index contributed by atoms with van der Waals surface area (Å²) in [5.74, 6) is -2.43. The number of carbonyl (C=O) groups is 3. The van der Waals surface area contributed by atoms with Gasteiger partial charge in [0.1, 0.15) is 6.04 Å². The van der Waals surface area contributed by atoms with Crippen LogP contribution >= 0.6 is 0 Å². The lowest BCUT2D eigenvalue weighted by Gasteiger charge is -2.31. The molecule has 25 heavy (non-hydrogen) atoms. The number of rotatable bonds is 5. The monoisotopic (exact) mass is 347 g/mol. The summed E-state index contributed by atoms with van der Waals surface area (Å²) < 4.78 is 4.88. The number of esters is 1. The summed E-state index contributed by atoms with van der Waals surface area (Å²) in [4.78, 5) is 38.2. The molecule has 6 nitrogen and oxygen atoms in total. The van der Waals surface area contributed by atoms with Gasteiger partial charge in [0.15, 0.2) is 0 Å². The molecule has 3 unspecified atom stereocenters. The zero-order valence-corrected chi connectivity index (χ0v) is 15.1. The minimum atomic E-state index is -1.10. The number of amides is 1. The molecule has 0 saturated carbocycles. The summed E-state index contributed by atoms with van der Waals surface area (Å²) in [6, 6.07) is 5.82. The smallest absolute Gasteiger partial charge is 0.326 e. The molecular formula is C19H25NO5. The molecule has 3 atom stereocenters. The Bertz CT molecular complexity index is 652.